The Hall–Kier alpha value is -2.33. The summed E-state index contributed by atoms with van der Waals surface area (Å²) < 4.78 is 11.0. The van der Waals surface area contributed by atoms with E-state index in [1.807, 2.05) is 36.1 Å². The molecule has 0 radical (unpaired) electrons. The van der Waals surface area contributed by atoms with Gasteiger partial charge in [0.2, 0.25) is 5.91 Å². The molecule has 33 heavy (non-hydrogen) atoms. The van der Waals surface area contributed by atoms with Gasteiger partial charge in [0.15, 0.2) is 5.96 Å². The van der Waals surface area contributed by atoms with E-state index in [0.29, 0.717) is 25.7 Å². The van der Waals surface area contributed by atoms with E-state index in [0.717, 1.165) is 48.4 Å². The predicted octanol–water partition coefficient (Wildman–Crippen LogP) is 3.67. The maximum Gasteiger partial charge on any atom is 0.246 e. The highest BCUT2D eigenvalue weighted by molar-refractivity contribution is 14.0. The number of carbonyl (C=O) groups excluding carboxylic acids is 1. The Bertz CT molecular complexity index is 936. The Morgan fingerprint density at radius 3 is 2.76 bits per heavy atom. The standard InChI is InChI=1S/C25H34N4O3.HI/c1-19-11-12-21(23(16-19)32-15-7-14-31-3)17-27-25(26-2)28-18-24(30)29-13-6-9-20-8-4-5-10-22(20)29;/h4-5,8,10-12,16H,6-7,9,13-15,17-18H2,1-3H3,(H2,26,27,28);1H. The smallest absolute Gasteiger partial charge is 0.246 e. The molecule has 1 amide bonds. The fourth-order valence-corrected chi connectivity index (χ4v) is 3.77. The molecule has 180 valence electrons. The number of guanidine groups is 1. The van der Waals surface area contributed by atoms with Crippen LogP contribution in [0.25, 0.3) is 0 Å². The first-order valence-electron chi connectivity index (χ1n) is 11.2. The molecule has 2 aromatic carbocycles. The number of carbonyl (C=O) groups is 1. The highest BCUT2D eigenvalue weighted by Crippen LogP contribution is 2.26. The third kappa shape index (κ3) is 7.89. The van der Waals surface area contributed by atoms with E-state index >= 15 is 0 Å². The van der Waals surface area contributed by atoms with Crippen LogP contribution in [0.3, 0.4) is 0 Å². The number of hydrogen-bond donors (Lipinski definition) is 2. The lowest BCUT2D eigenvalue weighted by molar-refractivity contribution is -0.117. The summed E-state index contributed by atoms with van der Waals surface area (Å²) in [5.74, 6) is 1.47. The maximum absolute atomic E-state index is 12.9. The zero-order chi connectivity index (χ0) is 22.8. The lowest BCUT2D eigenvalue weighted by Crippen LogP contribution is -2.45. The summed E-state index contributed by atoms with van der Waals surface area (Å²) in [5.41, 5.74) is 4.42. The number of amides is 1. The Morgan fingerprint density at radius 2 is 1.97 bits per heavy atom. The molecule has 1 heterocycles. The van der Waals surface area contributed by atoms with Crippen LogP contribution in [0, 0.1) is 6.92 Å². The summed E-state index contributed by atoms with van der Waals surface area (Å²) >= 11 is 0. The third-order valence-electron chi connectivity index (χ3n) is 5.46. The molecule has 7 nitrogen and oxygen atoms in total. The number of anilines is 1. The van der Waals surface area contributed by atoms with Crippen molar-refractivity contribution >= 4 is 41.5 Å². The number of halogens is 1. The summed E-state index contributed by atoms with van der Waals surface area (Å²) in [6.45, 7) is 4.79. The van der Waals surface area contributed by atoms with Gasteiger partial charge in [-0.3, -0.25) is 9.79 Å². The zero-order valence-corrected chi connectivity index (χ0v) is 22.1. The molecule has 0 aliphatic carbocycles. The Labute approximate surface area is 214 Å². The van der Waals surface area contributed by atoms with Gasteiger partial charge in [-0.05, 0) is 43.0 Å². The number of hydrogen-bond acceptors (Lipinski definition) is 4. The van der Waals surface area contributed by atoms with Gasteiger partial charge in [0, 0.05) is 51.5 Å². The summed E-state index contributed by atoms with van der Waals surface area (Å²) in [7, 11) is 3.39. The lowest BCUT2D eigenvalue weighted by atomic mass is 10.0. The second-order valence-corrected chi connectivity index (χ2v) is 7.86. The molecule has 0 fully saturated rings. The van der Waals surface area contributed by atoms with Crippen molar-refractivity contribution in [1.82, 2.24) is 10.6 Å². The van der Waals surface area contributed by atoms with E-state index < -0.39 is 0 Å². The van der Waals surface area contributed by atoms with Gasteiger partial charge in [0.1, 0.15) is 5.75 Å². The topological polar surface area (TPSA) is 75.2 Å². The Kier molecular flexibility index (Phi) is 11.5. The van der Waals surface area contributed by atoms with Crippen molar-refractivity contribution in [2.75, 3.05) is 45.4 Å². The molecule has 3 rings (SSSR count). The molecule has 0 saturated heterocycles. The van der Waals surface area contributed by atoms with Crippen molar-refractivity contribution in [3.05, 3.63) is 59.2 Å². The second kappa shape index (κ2) is 14.0. The number of benzene rings is 2. The van der Waals surface area contributed by atoms with E-state index in [-0.39, 0.29) is 36.4 Å². The summed E-state index contributed by atoms with van der Waals surface area (Å²) in [6.07, 6.45) is 2.83. The number of para-hydroxylation sites is 1. The van der Waals surface area contributed by atoms with Gasteiger partial charge in [-0.25, -0.2) is 0 Å². The maximum atomic E-state index is 12.9. The molecule has 1 aliphatic rings. The van der Waals surface area contributed by atoms with Gasteiger partial charge in [-0.1, -0.05) is 30.3 Å². The van der Waals surface area contributed by atoms with E-state index in [1.54, 1.807) is 14.2 Å². The lowest BCUT2D eigenvalue weighted by Gasteiger charge is -2.29. The number of aliphatic imine (C=N–C) groups is 1. The number of aryl methyl sites for hydroxylation is 2. The summed E-state index contributed by atoms with van der Waals surface area (Å²) in [4.78, 5) is 19.0. The van der Waals surface area contributed by atoms with Crippen LogP contribution in [0.2, 0.25) is 0 Å². The minimum Gasteiger partial charge on any atom is -0.493 e. The van der Waals surface area contributed by atoms with Crippen LogP contribution >= 0.6 is 24.0 Å². The monoisotopic (exact) mass is 566 g/mol. The molecule has 1 aliphatic heterocycles. The van der Waals surface area contributed by atoms with Crippen LogP contribution in [0.5, 0.6) is 5.75 Å². The number of rotatable bonds is 9. The van der Waals surface area contributed by atoms with E-state index in [4.69, 9.17) is 9.47 Å². The number of nitrogens with one attached hydrogen (secondary N) is 2. The first kappa shape index (κ1) is 26.9. The number of nitrogens with zero attached hydrogens (tertiary/aromatic N) is 2. The van der Waals surface area contributed by atoms with Crippen LogP contribution < -0.4 is 20.3 Å². The van der Waals surface area contributed by atoms with Gasteiger partial charge in [-0.15, -0.1) is 24.0 Å². The SMILES string of the molecule is CN=C(NCC(=O)N1CCCc2ccccc21)NCc1ccc(C)cc1OCCCOC.I. The third-order valence-corrected chi connectivity index (χ3v) is 5.46. The quantitative estimate of drug-likeness (QED) is 0.210. The van der Waals surface area contributed by atoms with E-state index in [1.165, 1.54) is 5.56 Å². The Balaban J connectivity index is 0.00000385. The molecular weight excluding hydrogens is 531 g/mol. The van der Waals surface area contributed by atoms with Gasteiger partial charge in [0.05, 0.1) is 13.2 Å². The van der Waals surface area contributed by atoms with Crippen molar-refractivity contribution in [3.8, 4) is 5.75 Å². The van der Waals surface area contributed by atoms with Crippen LogP contribution in [0.4, 0.5) is 5.69 Å². The van der Waals surface area contributed by atoms with Gasteiger partial charge >= 0.3 is 0 Å². The van der Waals surface area contributed by atoms with E-state index in [2.05, 4.69) is 33.8 Å². The second-order valence-electron chi connectivity index (χ2n) is 7.86. The fourth-order valence-electron chi connectivity index (χ4n) is 3.77. The first-order valence-corrected chi connectivity index (χ1v) is 11.2. The van der Waals surface area contributed by atoms with Crippen LogP contribution in [0.15, 0.2) is 47.5 Å². The predicted molar refractivity (Wildman–Crippen MR) is 144 cm³/mol. The average Bonchev–Trinajstić information content (AvgIpc) is 2.82. The summed E-state index contributed by atoms with van der Waals surface area (Å²) in [5, 5.41) is 6.44. The molecule has 2 aromatic rings. The molecule has 0 saturated carbocycles. The van der Waals surface area contributed by atoms with Crippen LogP contribution in [-0.2, 0) is 22.5 Å². The van der Waals surface area contributed by atoms with Gasteiger partial charge in [-0.2, -0.15) is 0 Å². The van der Waals surface area contributed by atoms with Crippen molar-refractivity contribution < 1.29 is 14.3 Å². The minimum absolute atomic E-state index is 0. The molecule has 0 atom stereocenters. The number of fused-ring (bicyclic) bond motifs is 1. The highest BCUT2D eigenvalue weighted by atomic mass is 127. The normalized spacial score (nSPS) is 13.1. The number of ether oxygens (including phenoxy) is 2. The van der Waals surface area contributed by atoms with Crippen molar-refractivity contribution in [2.24, 2.45) is 4.99 Å². The molecule has 0 spiro atoms. The average molecular weight is 566 g/mol. The minimum atomic E-state index is 0. The summed E-state index contributed by atoms with van der Waals surface area (Å²) in [6, 6.07) is 14.3. The molecule has 8 heteroatoms. The molecule has 0 unspecified atom stereocenters. The molecular formula is C25H35IN4O3. The van der Waals surface area contributed by atoms with Crippen molar-refractivity contribution in [1.29, 1.82) is 0 Å². The van der Waals surface area contributed by atoms with Crippen LogP contribution in [0.1, 0.15) is 29.5 Å². The largest absolute Gasteiger partial charge is 0.493 e. The van der Waals surface area contributed by atoms with Gasteiger partial charge < -0.3 is 25.0 Å². The molecule has 2 N–H and O–H groups in total. The fraction of sp³-hybridized carbons (Fsp3) is 0.440. The van der Waals surface area contributed by atoms with Crippen LogP contribution in [-0.4, -0.2) is 52.3 Å². The molecule has 0 bridgehead atoms. The Morgan fingerprint density at radius 1 is 1.15 bits per heavy atom. The van der Waals surface area contributed by atoms with Crippen molar-refractivity contribution in [3.63, 3.8) is 0 Å². The molecule has 0 aromatic heterocycles. The van der Waals surface area contributed by atoms with Crippen molar-refractivity contribution in [2.45, 2.75) is 32.7 Å². The zero-order valence-electron chi connectivity index (χ0n) is 19.7. The van der Waals surface area contributed by atoms with E-state index in [9.17, 15) is 4.79 Å². The first-order chi connectivity index (χ1) is 15.6. The van der Waals surface area contributed by atoms with Gasteiger partial charge in [0.25, 0.3) is 0 Å². The number of methoxy groups -OCH3 is 1. The highest BCUT2D eigenvalue weighted by Gasteiger charge is 2.22.